The molecule has 0 saturated heterocycles. The van der Waals surface area contributed by atoms with Crippen molar-refractivity contribution < 1.29 is 9.21 Å². The van der Waals surface area contributed by atoms with Crippen LogP contribution >= 0.6 is 11.8 Å². The number of hydrogen-bond acceptors (Lipinski definition) is 5. The number of amides is 1. The van der Waals surface area contributed by atoms with Crippen LogP contribution in [0.15, 0.2) is 58.8 Å². The van der Waals surface area contributed by atoms with Gasteiger partial charge in [0.2, 0.25) is 5.91 Å². The van der Waals surface area contributed by atoms with Gasteiger partial charge in [0, 0.05) is 13.1 Å². The number of rotatable bonds is 8. The van der Waals surface area contributed by atoms with Crippen LogP contribution in [0.1, 0.15) is 16.9 Å². The van der Waals surface area contributed by atoms with Crippen LogP contribution in [-0.2, 0) is 17.9 Å². The third kappa shape index (κ3) is 4.49. The molecule has 7 heteroatoms. The van der Waals surface area contributed by atoms with Gasteiger partial charge in [0.05, 0.1) is 17.6 Å². The molecule has 0 aliphatic heterocycles. The van der Waals surface area contributed by atoms with Crippen molar-refractivity contribution in [3.63, 3.8) is 0 Å². The fourth-order valence-corrected chi connectivity index (χ4v) is 3.47. The third-order valence-electron chi connectivity index (χ3n) is 4.20. The lowest BCUT2D eigenvalue weighted by Gasteiger charge is -2.09. The number of nitrogens with one attached hydrogen (secondary N) is 1. The number of aryl methyl sites for hydroxylation is 2. The number of thioether (sulfide) groups is 1. The first kappa shape index (κ1) is 19.0. The predicted molar refractivity (Wildman–Crippen MR) is 106 cm³/mol. The van der Waals surface area contributed by atoms with Crippen LogP contribution in [0.2, 0.25) is 0 Å². The maximum atomic E-state index is 12.2. The molecule has 1 amide bonds. The van der Waals surface area contributed by atoms with Crippen LogP contribution in [0.5, 0.6) is 0 Å². The van der Waals surface area contributed by atoms with Crippen LogP contribution in [0.3, 0.4) is 0 Å². The Hall–Kier alpha value is -2.80. The van der Waals surface area contributed by atoms with E-state index in [0.29, 0.717) is 24.1 Å². The molecule has 27 heavy (non-hydrogen) atoms. The predicted octanol–water partition coefficient (Wildman–Crippen LogP) is 3.75. The van der Waals surface area contributed by atoms with Gasteiger partial charge in [-0.3, -0.25) is 9.36 Å². The number of benzene rings is 1. The minimum absolute atomic E-state index is 0.0440. The fourth-order valence-electron chi connectivity index (χ4n) is 2.69. The minimum atomic E-state index is -0.0440. The van der Waals surface area contributed by atoms with Gasteiger partial charge in [-0.25, -0.2) is 0 Å². The number of carbonyl (C=O) groups is 1. The van der Waals surface area contributed by atoms with Crippen molar-refractivity contribution in [2.45, 2.75) is 32.1 Å². The highest BCUT2D eigenvalue weighted by Gasteiger charge is 2.17. The zero-order valence-corrected chi connectivity index (χ0v) is 16.3. The van der Waals surface area contributed by atoms with Crippen molar-refractivity contribution in [1.82, 2.24) is 20.1 Å². The van der Waals surface area contributed by atoms with Crippen molar-refractivity contribution in [3.8, 4) is 11.4 Å². The number of allylic oxidation sites excluding steroid dienone is 1. The van der Waals surface area contributed by atoms with Gasteiger partial charge in [0.15, 0.2) is 11.0 Å². The van der Waals surface area contributed by atoms with E-state index in [9.17, 15) is 4.79 Å². The molecule has 0 radical (unpaired) electrons. The van der Waals surface area contributed by atoms with E-state index in [-0.39, 0.29) is 11.7 Å². The van der Waals surface area contributed by atoms with Crippen LogP contribution in [-0.4, -0.2) is 26.4 Å². The molecule has 2 aromatic heterocycles. The number of nitrogens with zero attached hydrogens (tertiary/aromatic N) is 3. The van der Waals surface area contributed by atoms with E-state index in [1.165, 1.54) is 11.8 Å². The molecule has 3 rings (SSSR count). The normalized spacial score (nSPS) is 10.7. The molecule has 0 fully saturated rings. The Labute approximate surface area is 162 Å². The molecular formula is C20H22N4O2S. The van der Waals surface area contributed by atoms with Gasteiger partial charge >= 0.3 is 0 Å². The summed E-state index contributed by atoms with van der Waals surface area (Å²) in [5.74, 6) is 1.72. The Morgan fingerprint density at radius 1 is 1.30 bits per heavy atom. The van der Waals surface area contributed by atoms with Crippen molar-refractivity contribution in [3.05, 3.63) is 66.1 Å². The summed E-state index contributed by atoms with van der Waals surface area (Å²) in [4.78, 5) is 12.2. The second-order valence-corrected chi connectivity index (χ2v) is 7.03. The van der Waals surface area contributed by atoms with Crippen molar-refractivity contribution in [2.75, 3.05) is 5.75 Å². The third-order valence-corrected chi connectivity index (χ3v) is 5.16. The molecule has 0 aliphatic rings. The SMILES string of the molecule is C=CCn1c(SCC(=O)NCc2ccccc2C)nnc1-c1ccoc1C. The van der Waals surface area contributed by atoms with Gasteiger partial charge in [-0.15, -0.1) is 16.8 Å². The highest BCUT2D eigenvalue weighted by molar-refractivity contribution is 7.99. The van der Waals surface area contributed by atoms with Crippen LogP contribution in [0.25, 0.3) is 11.4 Å². The van der Waals surface area contributed by atoms with Gasteiger partial charge in [-0.1, -0.05) is 42.1 Å². The van der Waals surface area contributed by atoms with E-state index < -0.39 is 0 Å². The van der Waals surface area contributed by atoms with Gasteiger partial charge in [0.1, 0.15) is 5.76 Å². The van der Waals surface area contributed by atoms with Gasteiger partial charge in [-0.05, 0) is 31.0 Å². The minimum Gasteiger partial charge on any atom is -0.469 e. The molecule has 0 saturated carbocycles. The Bertz CT molecular complexity index is 945. The molecule has 6 nitrogen and oxygen atoms in total. The molecule has 0 unspecified atom stereocenters. The number of furan rings is 1. The summed E-state index contributed by atoms with van der Waals surface area (Å²) in [6.07, 6.45) is 3.41. The summed E-state index contributed by atoms with van der Waals surface area (Å²) in [5, 5.41) is 12.1. The van der Waals surface area contributed by atoms with Crippen LogP contribution < -0.4 is 5.32 Å². The van der Waals surface area contributed by atoms with Crippen LogP contribution in [0, 0.1) is 13.8 Å². The topological polar surface area (TPSA) is 73.0 Å². The monoisotopic (exact) mass is 382 g/mol. The second kappa shape index (κ2) is 8.73. The highest BCUT2D eigenvalue weighted by Crippen LogP contribution is 2.27. The molecular weight excluding hydrogens is 360 g/mol. The van der Waals surface area contributed by atoms with E-state index in [4.69, 9.17) is 4.42 Å². The Kier molecular flexibility index (Phi) is 6.13. The summed E-state index contributed by atoms with van der Waals surface area (Å²) in [6, 6.07) is 9.88. The first-order valence-corrected chi connectivity index (χ1v) is 9.61. The molecule has 0 atom stereocenters. The smallest absolute Gasteiger partial charge is 0.230 e. The number of aromatic nitrogens is 3. The van der Waals surface area contributed by atoms with Crippen molar-refractivity contribution in [2.24, 2.45) is 0 Å². The molecule has 0 aliphatic carbocycles. The quantitative estimate of drug-likeness (QED) is 0.474. The second-order valence-electron chi connectivity index (χ2n) is 6.09. The molecule has 2 heterocycles. The average Bonchev–Trinajstić information content (AvgIpc) is 3.25. The van der Waals surface area contributed by atoms with Gasteiger partial charge in [0.25, 0.3) is 0 Å². The standard InChI is InChI=1S/C20H22N4O2S/c1-4-10-24-19(17-9-11-26-15(17)3)22-23-20(24)27-13-18(25)21-12-16-8-6-5-7-14(16)2/h4-9,11H,1,10,12-13H2,2-3H3,(H,21,25). The van der Waals surface area contributed by atoms with Gasteiger partial charge < -0.3 is 9.73 Å². The number of carbonyl (C=O) groups excluding carboxylic acids is 1. The fraction of sp³-hybridized carbons (Fsp3) is 0.250. The molecule has 1 N–H and O–H groups in total. The van der Waals surface area contributed by atoms with E-state index in [1.54, 1.807) is 12.3 Å². The van der Waals surface area contributed by atoms with Crippen molar-refractivity contribution >= 4 is 17.7 Å². The Morgan fingerprint density at radius 2 is 2.11 bits per heavy atom. The maximum Gasteiger partial charge on any atom is 0.230 e. The zero-order valence-electron chi connectivity index (χ0n) is 15.4. The molecule has 3 aromatic rings. The first-order valence-electron chi connectivity index (χ1n) is 8.62. The van der Waals surface area contributed by atoms with Gasteiger partial charge in [-0.2, -0.15) is 0 Å². The Morgan fingerprint density at radius 3 is 2.81 bits per heavy atom. The lowest BCUT2D eigenvalue weighted by atomic mass is 10.1. The largest absolute Gasteiger partial charge is 0.469 e. The average molecular weight is 382 g/mol. The van der Waals surface area contributed by atoms with E-state index in [0.717, 1.165) is 22.5 Å². The Balaban J connectivity index is 1.64. The summed E-state index contributed by atoms with van der Waals surface area (Å²) < 4.78 is 7.30. The maximum absolute atomic E-state index is 12.2. The van der Waals surface area contributed by atoms with E-state index in [2.05, 4.69) is 22.1 Å². The van der Waals surface area contributed by atoms with E-state index >= 15 is 0 Å². The number of hydrogen-bond donors (Lipinski definition) is 1. The summed E-state index contributed by atoms with van der Waals surface area (Å²) in [6.45, 7) is 8.79. The summed E-state index contributed by atoms with van der Waals surface area (Å²) in [5.41, 5.74) is 3.17. The highest BCUT2D eigenvalue weighted by atomic mass is 32.2. The molecule has 140 valence electrons. The summed E-state index contributed by atoms with van der Waals surface area (Å²) in [7, 11) is 0. The lowest BCUT2D eigenvalue weighted by Crippen LogP contribution is -2.25. The zero-order chi connectivity index (χ0) is 19.2. The molecule has 1 aromatic carbocycles. The molecule has 0 bridgehead atoms. The van der Waals surface area contributed by atoms with Crippen molar-refractivity contribution in [1.29, 1.82) is 0 Å². The van der Waals surface area contributed by atoms with Crippen LogP contribution in [0.4, 0.5) is 0 Å². The summed E-state index contributed by atoms with van der Waals surface area (Å²) >= 11 is 1.36. The van der Waals surface area contributed by atoms with E-state index in [1.807, 2.05) is 48.7 Å². The lowest BCUT2D eigenvalue weighted by molar-refractivity contribution is -0.118. The first-order chi connectivity index (χ1) is 13.1. The molecule has 0 spiro atoms.